The predicted molar refractivity (Wildman–Crippen MR) is 569 cm³/mol. The first-order valence-electron chi connectivity index (χ1n) is 68.2. The van der Waals surface area contributed by atoms with Crippen molar-refractivity contribution in [2.24, 2.45) is 47.3 Å². The van der Waals surface area contributed by atoms with E-state index >= 15 is 8.78 Å². The smallest absolute Gasteiger partial charge is 0.260 e. The van der Waals surface area contributed by atoms with E-state index in [0.29, 0.717) is 82.4 Å². The van der Waals surface area contributed by atoms with Crippen molar-refractivity contribution in [2.75, 3.05) is 14.7 Å². The molecule has 10 aliphatic carbocycles. The number of hydrogen-bond donors (Lipinski definition) is 0. The van der Waals surface area contributed by atoms with Crippen LogP contribution in [0.2, 0.25) is 0 Å². The SMILES string of the molecule is [2H]c1c([2H])c(C(C)(C)C)c([2H])c2c1Oc1cc(N(c3c([2H])c([2H])c(C4CC4C4CC4)c([2H])c3[2H])c3c([2H])c([2H])c(C4CC4C4CC4)c([2H])c3[2H])cc3c1B2c1c([2H])c(C(C)(C)C)c([2H])c([2H])c1O3.[2H]c1c([2H])c([2H])c2c(c1[2H])Oc1c(F)c(C34CC5CC(CC(C5)C3)C4)c(F)c3c1B2c1c([2H])c([2H])c([2H])c([2H])c1O3.[2H]c1cc(N(c2cc([2H])c([2H])c([2H])c2)c2cc([2H])c3c(c2)Oc2c([2H])c(C45CCC(CC4)C5)c([2H])c4c2B3c2c([2H])cc(N(c3cc([2H])c([2H])c([2H])c3)c3cc([2H])c([2H])c([2H])c3)cc2O4)cc([2H])c1[2H]. The van der Waals surface area contributed by atoms with Crippen molar-refractivity contribution in [1.29, 1.82) is 0 Å². The van der Waals surface area contributed by atoms with E-state index in [1.54, 1.807) is 12.1 Å². The quantitative estimate of drug-likeness (QED) is 0.0934. The van der Waals surface area contributed by atoms with Gasteiger partial charge in [-0.25, -0.2) is 8.78 Å². The van der Waals surface area contributed by atoms with E-state index in [-0.39, 0.29) is 344 Å². The second-order valence-corrected chi connectivity index (χ2v) is 43.1. The number of halogens is 2. The maximum Gasteiger partial charge on any atom is 0.260 e. The van der Waals surface area contributed by atoms with Gasteiger partial charge in [-0.3, -0.25) is 0 Å². The Morgan fingerprint density at radius 2 is 0.667 bits per heavy atom. The molecule has 141 heavy (non-hydrogen) atoms. The lowest BCUT2D eigenvalue weighted by atomic mass is 9.34. The molecule has 0 saturated heterocycles. The first-order valence-corrected chi connectivity index (χ1v) is 49.2. The molecule has 15 aromatic rings. The van der Waals surface area contributed by atoms with Gasteiger partial charge in [0.2, 0.25) is 0 Å². The summed E-state index contributed by atoms with van der Waals surface area (Å²) >= 11 is 0. The zero-order valence-corrected chi connectivity index (χ0v) is 78.2. The summed E-state index contributed by atoms with van der Waals surface area (Å²) in [6.07, 6.45) is 15.0. The normalized spacial score (nSPS) is 26.8. The maximum atomic E-state index is 16.9. The summed E-state index contributed by atoms with van der Waals surface area (Å²) in [6.45, 7) is 7.58. The molecule has 4 unspecified atom stereocenters. The van der Waals surface area contributed by atoms with Crippen LogP contribution in [0.25, 0.3) is 0 Å². The van der Waals surface area contributed by atoms with Gasteiger partial charge in [-0.15, -0.1) is 0 Å². The first-order chi connectivity index (χ1) is 84.5. The Balaban J connectivity index is 0.000000127. The molecular formula is C127H114B3F2N3O6. The summed E-state index contributed by atoms with van der Waals surface area (Å²) in [5.74, 6) is -0.524. The van der Waals surface area contributed by atoms with Crippen LogP contribution in [-0.2, 0) is 21.7 Å². The van der Waals surface area contributed by atoms with Gasteiger partial charge in [0.25, 0.3) is 20.1 Å². The van der Waals surface area contributed by atoms with E-state index in [0.717, 1.165) is 89.9 Å². The van der Waals surface area contributed by atoms with Crippen LogP contribution in [0.4, 0.5) is 60.0 Å². The van der Waals surface area contributed by atoms with E-state index < -0.39 is 137 Å². The second-order valence-electron chi connectivity index (χ2n) is 43.1. The first kappa shape index (κ1) is 55.1. The van der Waals surface area contributed by atoms with Gasteiger partial charge in [-0.2, -0.15) is 0 Å². The average Bonchev–Trinajstić information content (AvgIpc) is 1.65. The molecule has 16 aliphatic rings. The van der Waals surface area contributed by atoms with Gasteiger partial charge in [0, 0.05) is 97.1 Å². The van der Waals surface area contributed by atoms with Crippen LogP contribution < -0.4 is 92.3 Å². The van der Waals surface area contributed by atoms with Crippen molar-refractivity contribution in [2.45, 2.75) is 184 Å². The lowest BCUT2D eigenvalue weighted by molar-refractivity contribution is -0.00872. The summed E-state index contributed by atoms with van der Waals surface area (Å²) in [6, 6.07) is 7.57. The third-order valence-electron chi connectivity index (χ3n) is 32.1. The van der Waals surface area contributed by atoms with Crippen LogP contribution in [0.5, 0.6) is 69.0 Å². The number of nitrogens with zero attached hydrogens (tertiary/aromatic N) is 3. The fourth-order valence-electron chi connectivity index (χ4n) is 25.4. The van der Waals surface area contributed by atoms with E-state index in [1.165, 1.54) is 87.5 Å². The molecule has 0 radical (unpaired) electrons. The molecule has 6 bridgehead atoms. The average molecular weight is 1890 g/mol. The third-order valence-corrected chi connectivity index (χ3v) is 32.1. The summed E-state index contributed by atoms with van der Waals surface area (Å²) < 4.78 is 413. The highest BCUT2D eigenvalue weighted by molar-refractivity contribution is 6.99. The zero-order valence-electron chi connectivity index (χ0n) is 116. The Hall–Kier alpha value is -13.4. The summed E-state index contributed by atoms with van der Waals surface area (Å²) in [4.78, 5) is 4.23. The fourth-order valence-corrected chi connectivity index (χ4v) is 25.4. The molecule has 6 aliphatic heterocycles. The molecule has 9 nitrogen and oxygen atoms in total. The van der Waals surface area contributed by atoms with Gasteiger partial charge >= 0.3 is 0 Å². The van der Waals surface area contributed by atoms with Gasteiger partial charge in [0.15, 0.2) is 23.1 Å². The van der Waals surface area contributed by atoms with Crippen molar-refractivity contribution in [1.82, 2.24) is 0 Å². The number of fused-ring (bicyclic) bond motifs is 14. The monoisotopic (exact) mass is 1890 g/mol. The molecule has 696 valence electrons. The van der Waals surface area contributed by atoms with E-state index in [1.807, 2.05) is 41.5 Å². The number of rotatable bonds is 15. The van der Waals surface area contributed by atoms with Crippen LogP contribution >= 0.6 is 0 Å². The van der Waals surface area contributed by atoms with Gasteiger partial charge in [-0.05, 0) is 366 Å². The minimum absolute atomic E-state index is 0.00458. The Morgan fingerprint density at radius 1 is 0.305 bits per heavy atom. The number of benzene rings is 15. The van der Waals surface area contributed by atoms with E-state index in [4.69, 9.17) is 55.8 Å². The van der Waals surface area contributed by atoms with Gasteiger partial charge < -0.3 is 43.1 Å². The number of para-hydroxylation sites is 6. The molecule has 10 saturated carbocycles. The van der Waals surface area contributed by atoms with Gasteiger partial charge in [0.05, 0.1) is 57.8 Å². The highest BCUT2D eigenvalue weighted by Gasteiger charge is 2.58. The fraction of sp³-hybridized carbons (Fsp3) is 0.291. The minimum atomic E-state index is -1.37. The van der Waals surface area contributed by atoms with Crippen LogP contribution in [0.3, 0.4) is 0 Å². The lowest BCUT2D eigenvalue weighted by Gasteiger charge is -2.57. The third kappa shape index (κ3) is 14.6. The van der Waals surface area contributed by atoms with Crippen molar-refractivity contribution in [3.8, 4) is 69.0 Å². The largest absolute Gasteiger partial charge is 0.458 e. The van der Waals surface area contributed by atoms with Crippen molar-refractivity contribution in [3.05, 3.63) is 360 Å². The topological polar surface area (TPSA) is 65.1 Å². The molecule has 15 aromatic carbocycles. The van der Waals surface area contributed by atoms with Crippen molar-refractivity contribution in [3.63, 3.8) is 0 Å². The van der Waals surface area contributed by atoms with Crippen molar-refractivity contribution >= 4 is 120 Å². The van der Waals surface area contributed by atoms with E-state index in [9.17, 15) is 24.7 Å². The van der Waals surface area contributed by atoms with Crippen LogP contribution in [0.15, 0.2) is 315 Å². The highest BCUT2D eigenvalue weighted by Crippen LogP contribution is 2.65. The molecule has 0 amide bonds. The molecule has 0 spiro atoms. The van der Waals surface area contributed by atoms with E-state index in [2.05, 4.69) is 0 Å². The molecule has 31 rings (SSSR count). The Kier molecular flexibility index (Phi) is 12.7. The van der Waals surface area contributed by atoms with Crippen LogP contribution in [-0.4, -0.2) is 20.1 Å². The number of ether oxygens (including phenoxy) is 6. The molecule has 6 heterocycles. The molecular weight excluding hydrogens is 1730 g/mol. The Labute approximate surface area is 881 Å². The van der Waals surface area contributed by atoms with Crippen LogP contribution in [0.1, 0.15) is 248 Å². The predicted octanol–water partition coefficient (Wildman–Crippen LogP) is 27.9. The molecule has 4 atom stereocenters. The molecule has 0 N–H and O–H groups in total. The minimum Gasteiger partial charge on any atom is -0.458 e. The second kappa shape index (κ2) is 32.6. The number of anilines is 9. The van der Waals surface area contributed by atoms with Crippen molar-refractivity contribution < 1.29 is 89.3 Å². The van der Waals surface area contributed by atoms with Gasteiger partial charge in [-0.1, -0.05) is 211 Å². The van der Waals surface area contributed by atoms with Crippen LogP contribution in [0, 0.1) is 59.0 Å². The zero-order chi connectivity index (χ0) is 127. The summed E-state index contributed by atoms with van der Waals surface area (Å²) in [5.41, 5.74) is 0.253. The summed E-state index contributed by atoms with van der Waals surface area (Å²) in [7, 11) is 0. The van der Waals surface area contributed by atoms with Gasteiger partial charge in [0.1, 0.15) is 57.5 Å². The Morgan fingerprint density at radius 3 is 1.07 bits per heavy atom. The lowest BCUT2D eigenvalue weighted by Crippen LogP contribution is -2.58. The standard InChI is InChI=1S/C50H52BNO2.C49H39BN2O2.C28H23BF2O2/c1-49(2,3)33-15-21-44-42(23-33)51-43-24-34(50(4,5)6)16-22-45(43)54-47-26-37(25-46(53-44)48(47)51)52(35-17-11-31(12-18-35)40-27-38(40)29-7-8-29)36-19-13-32(14-20-36)41-28-39(41)30-9-10-30;1-5-13-36(14-6-1)51(37-15-7-2-8-16-37)40-21-23-42-44(31-40)53-46-29-35(49-27-25-34(33-49)26-28-49)30-47-48(46)50(42)43-24-22-41(32-45(43)54-47)52(38-17-9-3-10-18-38)39-19-11-4-12-20-39;30-24-22(28-12-15-9-16(13-28)11-17(10-15)14-28)25(31)27-23-26(24)32-20-7-3-1-5-18(20)29(23)19-6-2-4-8-21(19)33-27/h11-26,29-30,38-41H,7-10,27-28H2,1-6H3;1-24,29-32,34H,25-28,33H2;1-8,15-17H,9-14H2/i11D,12D,13D,14D,15D,16D,17D,18D,19D,20D,21D,22D,23D,24D;1D,2D,3D,4D,5D,6D,7D,8D,9D,10D,11D,12D,23D,24D,29D,30D;1D,2D,3D,4D,5D,6D,7D,8D. The Bertz CT molecular complexity index is 9260. The summed E-state index contributed by atoms with van der Waals surface area (Å²) in [5, 5.41) is 0. The number of hydrogen-bond acceptors (Lipinski definition) is 9. The molecule has 10 fully saturated rings. The maximum absolute atomic E-state index is 16.9. The molecule has 14 heteroatoms. The molecule has 0 aromatic heterocycles. The highest BCUT2D eigenvalue weighted by atomic mass is 19.1.